The van der Waals surface area contributed by atoms with E-state index in [-0.39, 0.29) is 5.75 Å². The number of nitrogens with zero attached hydrogens (tertiary/aromatic N) is 4. The van der Waals surface area contributed by atoms with Crippen LogP contribution in [0.1, 0.15) is 33.1 Å². The minimum atomic E-state index is -0.834. The Morgan fingerprint density at radius 2 is 2.14 bits per heavy atom. The van der Waals surface area contributed by atoms with E-state index in [2.05, 4.69) is 28.9 Å². The summed E-state index contributed by atoms with van der Waals surface area (Å²) >= 11 is 1.21. The van der Waals surface area contributed by atoms with Crippen LogP contribution in [0.25, 0.3) is 0 Å². The molecule has 118 valence electrons. The summed E-state index contributed by atoms with van der Waals surface area (Å²) in [6.45, 7) is 6.59. The van der Waals surface area contributed by atoms with Gasteiger partial charge in [-0.25, -0.2) is 0 Å². The first-order chi connectivity index (χ1) is 9.99. The molecule has 1 saturated heterocycles. The van der Waals surface area contributed by atoms with Gasteiger partial charge in [-0.05, 0) is 31.1 Å². The van der Waals surface area contributed by atoms with Crippen LogP contribution in [0.5, 0.6) is 0 Å². The van der Waals surface area contributed by atoms with Crippen LogP contribution in [0, 0.1) is 11.8 Å². The number of carboxylic acid groups (broad SMARTS) is 1. The lowest BCUT2D eigenvalue weighted by Gasteiger charge is -2.22. The van der Waals surface area contributed by atoms with Gasteiger partial charge in [0.1, 0.15) is 0 Å². The van der Waals surface area contributed by atoms with Crippen LogP contribution in [0.4, 0.5) is 5.95 Å². The van der Waals surface area contributed by atoms with Crippen molar-refractivity contribution in [2.45, 2.75) is 38.3 Å². The molecule has 2 rings (SSSR count). The molecular formula is C14H24N4O2S. The first-order valence-electron chi connectivity index (χ1n) is 7.48. The van der Waals surface area contributed by atoms with Crippen LogP contribution < -0.4 is 4.90 Å². The molecule has 7 heteroatoms. The molecule has 6 nitrogen and oxygen atoms in total. The second-order valence-electron chi connectivity index (χ2n) is 5.95. The van der Waals surface area contributed by atoms with E-state index in [9.17, 15) is 4.79 Å². The minimum Gasteiger partial charge on any atom is -0.481 e. The van der Waals surface area contributed by atoms with Crippen molar-refractivity contribution in [1.29, 1.82) is 0 Å². The van der Waals surface area contributed by atoms with E-state index in [1.165, 1.54) is 31.0 Å². The normalized spacial score (nSPS) is 19.8. The molecule has 1 N–H and O–H groups in total. The summed E-state index contributed by atoms with van der Waals surface area (Å²) in [5.74, 6) is 1.54. The van der Waals surface area contributed by atoms with Crippen molar-refractivity contribution in [2.24, 2.45) is 18.9 Å². The minimum absolute atomic E-state index is 0.0153. The van der Waals surface area contributed by atoms with Gasteiger partial charge < -0.3 is 10.0 Å². The fourth-order valence-electron chi connectivity index (χ4n) is 2.82. The van der Waals surface area contributed by atoms with Crippen molar-refractivity contribution < 1.29 is 9.90 Å². The van der Waals surface area contributed by atoms with Gasteiger partial charge in [0.25, 0.3) is 0 Å². The number of hydrogen-bond acceptors (Lipinski definition) is 5. The van der Waals surface area contributed by atoms with E-state index in [1.807, 2.05) is 11.6 Å². The second-order valence-corrected chi connectivity index (χ2v) is 6.89. The molecule has 1 atom stereocenters. The van der Waals surface area contributed by atoms with Gasteiger partial charge in [0.2, 0.25) is 5.95 Å². The third-order valence-electron chi connectivity index (χ3n) is 4.14. The molecule has 0 radical (unpaired) electrons. The highest BCUT2D eigenvalue weighted by Gasteiger charge is 2.23. The van der Waals surface area contributed by atoms with Crippen LogP contribution in [0.2, 0.25) is 0 Å². The molecule has 2 heterocycles. The highest BCUT2D eigenvalue weighted by Crippen LogP contribution is 2.27. The van der Waals surface area contributed by atoms with Gasteiger partial charge in [-0.15, -0.1) is 10.2 Å². The largest absolute Gasteiger partial charge is 0.481 e. The van der Waals surface area contributed by atoms with Crippen LogP contribution in [-0.2, 0) is 11.8 Å². The lowest BCUT2D eigenvalue weighted by Crippen LogP contribution is -2.27. The van der Waals surface area contributed by atoms with Crippen LogP contribution in [-0.4, -0.2) is 44.7 Å². The van der Waals surface area contributed by atoms with Gasteiger partial charge >= 0.3 is 5.97 Å². The van der Waals surface area contributed by atoms with Crippen molar-refractivity contribution >= 4 is 23.7 Å². The molecule has 0 bridgehead atoms. The maximum absolute atomic E-state index is 10.6. The van der Waals surface area contributed by atoms with Gasteiger partial charge in [-0.1, -0.05) is 25.6 Å². The Balaban J connectivity index is 2.03. The van der Waals surface area contributed by atoms with Gasteiger partial charge in [0.05, 0.1) is 5.75 Å². The number of anilines is 1. The van der Waals surface area contributed by atoms with Crippen molar-refractivity contribution in [3.63, 3.8) is 0 Å². The van der Waals surface area contributed by atoms with Crippen LogP contribution >= 0.6 is 11.8 Å². The average molecular weight is 312 g/mol. The van der Waals surface area contributed by atoms with Gasteiger partial charge in [-0.2, -0.15) is 0 Å². The van der Waals surface area contributed by atoms with Crippen molar-refractivity contribution in [3.8, 4) is 0 Å². The molecule has 0 amide bonds. The number of carboxylic acids is 1. The smallest absolute Gasteiger partial charge is 0.313 e. The molecule has 1 fully saturated rings. The van der Waals surface area contributed by atoms with Crippen molar-refractivity contribution in [3.05, 3.63) is 0 Å². The summed E-state index contributed by atoms with van der Waals surface area (Å²) in [5, 5.41) is 17.8. The van der Waals surface area contributed by atoms with E-state index in [1.54, 1.807) is 0 Å². The molecule has 1 aromatic heterocycles. The SMILES string of the molecule is CC(C)C1CCCN(c2nnc(SCC(=O)O)n2C)CC1. The van der Waals surface area contributed by atoms with E-state index in [4.69, 9.17) is 5.11 Å². The van der Waals surface area contributed by atoms with E-state index in [0.717, 1.165) is 30.9 Å². The zero-order valence-corrected chi connectivity index (χ0v) is 13.8. The third-order valence-corrected chi connectivity index (χ3v) is 5.14. The summed E-state index contributed by atoms with van der Waals surface area (Å²) in [7, 11) is 1.91. The first kappa shape index (κ1) is 16.1. The average Bonchev–Trinajstić information content (AvgIpc) is 2.64. The number of aromatic nitrogens is 3. The van der Waals surface area contributed by atoms with Gasteiger partial charge in [-0.3, -0.25) is 9.36 Å². The summed E-state index contributed by atoms with van der Waals surface area (Å²) in [6.07, 6.45) is 3.63. The van der Waals surface area contributed by atoms with Crippen molar-refractivity contribution in [1.82, 2.24) is 14.8 Å². The monoisotopic (exact) mass is 312 g/mol. The Labute approximate surface area is 129 Å². The highest BCUT2D eigenvalue weighted by atomic mass is 32.2. The third kappa shape index (κ3) is 4.12. The van der Waals surface area contributed by atoms with E-state index < -0.39 is 5.97 Å². The predicted octanol–water partition coefficient (Wildman–Crippen LogP) is 2.25. The lowest BCUT2D eigenvalue weighted by atomic mass is 9.89. The van der Waals surface area contributed by atoms with Crippen molar-refractivity contribution in [2.75, 3.05) is 23.7 Å². The Hall–Kier alpha value is -1.24. The molecular weight excluding hydrogens is 288 g/mol. The maximum atomic E-state index is 10.6. The summed E-state index contributed by atoms with van der Waals surface area (Å²) in [4.78, 5) is 12.9. The maximum Gasteiger partial charge on any atom is 0.313 e. The number of carbonyl (C=O) groups is 1. The Kier molecular flexibility index (Phi) is 5.50. The number of rotatable bonds is 5. The summed E-state index contributed by atoms with van der Waals surface area (Å²) in [5.41, 5.74) is 0. The predicted molar refractivity (Wildman–Crippen MR) is 83.8 cm³/mol. The Bertz CT molecular complexity index is 489. The zero-order valence-electron chi connectivity index (χ0n) is 12.9. The summed E-state index contributed by atoms with van der Waals surface area (Å²) < 4.78 is 1.91. The quantitative estimate of drug-likeness (QED) is 0.841. The topological polar surface area (TPSA) is 71.2 Å². The van der Waals surface area contributed by atoms with Crippen LogP contribution in [0.3, 0.4) is 0 Å². The van der Waals surface area contributed by atoms with Crippen LogP contribution in [0.15, 0.2) is 5.16 Å². The zero-order chi connectivity index (χ0) is 15.4. The Morgan fingerprint density at radius 3 is 2.81 bits per heavy atom. The molecule has 0 saturated carbocycles. The molecule has 0 aromatic carbocycles. The lowest BCUT2D eigenvalue weighted by molar-refractivity contribution is -0.133. The molecule has 21 heavy (non-hydrogen) atoms. The standard InChI is InChI=1S/C14H24N4O2S/c1-10(2)11-5-4-7-18(8-6-11)13-15-16-14(17(13)3)21-9-12(19)20/h10-11H,4-9H2,1-3H3,(H,19,20). The highest BCUT2D eigenvalue weighted by molar-refractivity contribution is 7.99. The molecule has 1 aliphatic heterocycles. The molecule has 1 unspecified atom stereocenters. The number of hydrogen-bond donors (Lipinski definition) is 1. The van der Waals surface area contributed by atoms with E-state index >= 15 is 0 Å². The number of thioether (sulfide) groups is 1. The fraction of sp³-hybridized carbons (Fsp3) is 0.786. The Morgan fingerprint density at radius 1 is 1.38 bits per heavy atom. The van der Waals surface area contributed by atoms with Gasteiger partial charge in [0.15, 0.2) is 5.16 Å². The molecule has 1 aromatic rings. The summed E-state index contributed by atoms with van der Waals surface area (Å²) in [6, 6.07) is 0. The second kappa shape index (κ2) is 7.15. The molecule has 1 aliphatic rings. The van der Waals surface area contributed by atoms with E-state index in [0.29, 0.717) is 5.16 Å². The van der Waals surface area contributed by atoms with Gasteiger partial charge in [0, 0.05) is 20.1 Å². The molecule has 0 spiro atoms. The number of aliphatic carboxylic acids is 1. The fourth-order valence-corrected chi connectivity index (χ4v) is 3.45. The molecule has 0 aliphatic carbocycles. The first-order valence-corrected chi connectivity index (χ1v) is 8.46.